The number of ether oxygens (including phenoxy) is 1. The largest absolute Gasteiger partial charge is 0.454 e. The Bertz CT molecular complexity index is 690. The van der Waals surface area contributed by atoms with Gasteiger partial charge in [-0.05, 0) is 49.9 Å². The molecule has 1 aromatic carbocycles. The summed E-state index contributed by atoms with van der Waals surface area (Å²) in [6.45, 7) is 1.55. The first-order chi connectivity index (χ1) is 11.2. The van der Waals surface area contributed by atoms with Crippen LogP contribution in [0, 0.1) is 5.92 Å². The van der Waals surface area contributed by atoms with Crippen molar-refractivity contribution in [1.29, 1.82) is 0 Å². The number of hydrogen-bond acceptors (Lipinski definition) is 5. The van der Waals surface area contributed by atoms with E-state index in [9.17, 15) is 18.0 Å². The molecule has 1 aromatic rings. The van der Waals surface area contributed by atoms with E-state index in [-0.39, 0.29) is 11.8 Å². The number of sulfonamides is 1. The molecule has 132 valence electrons. The molecule has 6 nitrogen and oxygen atoms in total. The summed E-state index contributed by atoms with van der Waals surface area (Å²) >= 11 is 0. The second-order valence-electron chi connectivity index (χ2n) is 6.30. The van der Waals surface area contributed by atoms with Crippen molar-refractivity contribution in [3.63, 3.8) is 0 Å². The average Bonchev–Trinajstić information content (AvgIpc) is 2.98. The van der Waals surface area contributed by atoms with E-state index in [0.717, 1.165) is 31.9 Å². The molecule has 0 aliphatic heterocycles. The highest BCUT2D eigenvalue weighted by atomic mass is 32.2. The summed E-state index contributed by atoms with van der Waals surface area (Å²) in [6, 6.07) is 6.02. The van der Waals surface area contributed by atoms with Crippen LogP contribution in [0.3, 0.4) is 0 Å². The number of carbonyl (C=O) groups is 2. The molecule has 1 saturated carbocycles. The quantitative estimate of drug-likeness (QED) is 0.601. The number of esters is 1. The van der Waals surface area contributed by atoms with E-state index in [0.29, 0.717) is 23.6 Å². The second kappa shape index (κ2) is 7.79. The number of carbonyl (C=O) groups excluding carboxylic acids is 2. The lowest BCUT2D eigenvalue weighted by Crippen LogP contribution is -2.25. The first-order valence-corrected chi connectivity index (χ1v) is 9.95. The molecule has 0 aromatic heterocycles. The molecule has 0 radical (unpaired) electrons. The minimum atomic E-state index is -3.36. The average molecular weight is 353 g/mol. The van der Waals surface area contributed by atoms with Crippen LogP contribution in [0.4, 0.5) is 5.69 Å². The third-order valence-corrected chi connectivity index (χ3v) is 4.69. The zero-order valence-corrected chi connectivity index (χ0v) is 14.8. The van der Waals surface area contributed by atoms with Crippen molar-refractivity contribution in [2.45, 2.75) is 45.1 Å². The Morgan fingerprint density at radius 2 is 1.79 bits per heavy atom. The van der Waals surface area contributed by atoms with Crippen molar-refractivity contribution < 1.29 is 22.7 Å². The number of nitrogens with one attached hydrogen (secondary N) is 1. The topological polar surface area (TPSA) is 89.5 Å². The molecule has 0 spiro atoms. The van der Waals surface area contributed by atoms with Gasteiger partial charge in [0.05, 0.1) is 6.26 Å². The Morgan fingerprint density at radius 3 is 2.33 bits per heavy atom. The SMILES string of the molecule is C[C@@H](OC(=O)CC1CCCC1)C(=O)c1ccc(NS(C)(=O)=O)cc1. The third-order valence-electron chi connectivity index (χ3n) is 4.08. The molecule has 0 heterocycles. The zero-order chi connectivity index (χ0) is 17.7. The van der Waals surface area contributed by atoms with Crippen LogP contribution in [0.15, 0.2) is 24.3 Å². The summed E-state index contributed by atoms with van der Waals surface area (Å²) in [4.78, 5) is 24.2. The molecule has 1 aliphatic rings. The third kappa shape index (κ3) is 5.63. The van der Waals surface area contributed by atoms with E-state index in [1.165, 1.54) is 24.3 Å². The molecule has 0 saturated heterocycles. The summed E-state index contributed by atoms with van der Waals surface area (Å²) in [7, 11) is -3.36. The minimum Gasteiger partial charge on any atom is -0.454 e. The van der Waals surface area contributed by atoms with Gasteiger partial charge in [-0.1, -0.05) is 12.8 Å². The first kappa shape index (κ1) is 18.4. The summed E-state index contributed by atoms with van der Waals surface area (Å²) < 4.78 is 29.9. The highest BCUT2D eigenvalue weighted by Crippen LogP contribution is 2.28. The van der Waals surface area contributed by atoms with Crippen LogP contribution in [0.5, 0.6) is 0 Å². The van der Waals surface area contributed by atoms with Crippen molar-refractivity contribution in [3.8, 4) is 0 Å². The number of ketones is 1. The van der Waals surface area contributed by atoms with E-state index >= 15 is 0 Å². The number of rotatable bonds is 7. The number of hydrogen-bond donors (Lipinski definition) is 1. The molecule has 1 N–H and O–H groups in total. The Kier molecular flexibility index (Phi) is 5.99. The molecule has 0 bridgehead atoms. The van der Waals surface area contributed by atoms with Gasteiger partial charge in [0.15, 0.2) is 6.10 Å². The number of Topliss-reactive ketones (excluding diaryl/α,β-unsaturated/α-hetero) is 1. The lowest BCUT2D eigenvalue weighted by molar-refractivity contribution is -0.147. The van der Waals surface area contributed by atoms with Crippen LogP contribution >= 0.6 is 0 Å². The molecule has 0 amide bonds. The molecule has 1 aliphatic carbocycles. The van der Waals surface area contributed by atoms with Gasteiger partial charge >= 0.3 is 5.97 Å². The molecule has 1 atom stereocenters. The van der Waals surface area contributed by atoms with Crippen molar-refractivity contribution in [2.24, 2.45) is 5.92 Å². The molecule has 24 heavy (non-hydrogen) atoms. The fraction of sp³-hybridized carbons (Fsp3) is 0.529. The van der Waals surface area contributed by atoms with Gasteiger partial charge in [0.2, 0.25) is 15.8 Å². The number of anilines is 1. The van der Waals surface area contributed by atoms with Crippen molar-refractivity contribution in [1.82, 2.24) is 0 Å². The fourth-order valence-corrected chi connectivity index (χ4v) is 3.46. The van der Waals surface area contributed by atoms with Crippen molar-refractivity contribution >= 4 is 27.5 Å². The smallest absolute Gasteiger partial charge is 0.306 e. The Balaban J connectivity index is 1.91. The van der Waals surface area contributed by atoms with E-state index in [2.05, 4.69) is 4.72 Å². The Labute approximate surface area is 142 Å². The van der Waals surface area contributed by atoms with Gasteiger partial charge in [0, 0.05) is 17.7 Å². The van der Waals surface area contributed by atoms with Crippen LogP contribution < -0.4 is 4.72 Å². The van der Waals surface area contributed by atoms with Gasteiger partial charge in [-0.25, -0.2) is 8.42 Å². The maximum atomic E-state index is 12.3. The van der Waals surface area contributed by atoms with Crippen LogP contribution in [0.1, 0.15) is 49.4 Å². The normalized spacial score (nSPS) is 16.6. The Hall–Kier alpha value is -1.89. The predicted molar refractivity (Wildman–Crippen MR) is 91.4 cm³/mol. The summed E-state index contributed by atoms with van der Waals surface area (Å²) in [5, 5.41) is 0. The van der Waals surface area contributed by atoms with Gasteiger partial charge in [0.25, 0.3) is 0 Å². The molecular formula is C17H23NO5S. The van der Waals surface area contributed by atoms with Gasteiger partial charge in [-0.15, -0.1) is 0 Å². The van der Waals surface area contributed by atoms with E-state index in [1.54, 1.807) is 6.92 Å². The first-order valence-electron chi connectivity index (χ1n) is 8.06. The summed E-state index contributed by atoms with van der Waals surface area (Å²) in [6.07, 6.45) is 4.97. The van der Waals surface area contributed by atoms with Crippen LogP contribution in [0.2, 0.25) is 0 Å². The van der Waals surface area contributed by atoms with E-state index < -0.39 is 16.1 Å². The van der Waals surface area contributed by atoms with Crippen molar-refractivity contribution in [3.05, 3.63) is 29.8 Å². The monoisotopic (exact) mass is 353 g/mol. The van der Waals surface area contributed by atoms with Crippen LogP contribution in [-0.4, -0.2) is 32.5 Å². The Morgan fingerprint density at radius 1 is 1.21 bits per heavy atom. The lowest BCUT2D eigenvalue weighted by atomic mass is 10.0. The maximum Gasteiger partial charge on any atom is 0.306 e. The van der Waals surface area contributed by atoms with Gasteiger partial charge in [0.1, 0.15) is 0 Å². The van der Waals surface area contributed by atoms with E-state index in [1.807, 2.05) is 0 Å². The second-order valence-corrected chi connectivity index (χ2v) is 8.05. The van der Waals surface area contributed by atoms with Crippen LogP contribution in [-0.2, 0) is 19.6 Å². The zero-order valence-electron chi connectivity index (χ0n) is 13.9. The van der Waals surface area contributed by atoms with E-state index in [4.69, 9.17) is 4.74 Å². The molecule has 7 heteroatoms. The molecule has 0 unspecified atom stereocenters. The molecular weight excluding hydrogens is 330 g/mol. The van der Waals surface area contributed by atoms with Gasteiger partial charge < -0.3 is 4.74 Å². The summed E-state index contributed by atoms with van der Waals surface area (Å²) in [5.41, 5.74) is 0.746. The standard InChI is InChI=1S/C17H23NO5S/c1-12(23-16(19)11-13-5-3-4-6-13)17(20)14-7-9-15(10-8-14)18-24(2,21)22/h7-10,12-13,18H,3-6,11H2,1-2H3/t12-/m1/s1. The minimum absolute atomic E-state index is 0.305. The molecule has 1 fully saturated rings. The highest BCUT2D eigenvalue weighted by molar-refractivity contribution is 7.92. The maximum absolute atomic E-state index is 12.3. The highest BCUT2D eigenvalue weighted by Gasteiger charge is 2.23. The fourth-order valence-electron chi connectivity index (χ4n) is 2.90. The summed E-state index contributed by atoms with van der Waals surface area (Å²) in [5.74, 6) is -0.264. The van der Waals surface area contributed by atoms with Gasteiger partial charge in [-0.3, -0.25) is 14.3 Å². The predicted octanol–water partition coefficient (Wildman–Crippen LogP) is 2.75. The lowest BCUT2D eigenvalue weighted by Gasteiger charge is -2.14. The molecule has 2 rings (SSSR count). The van der Waals surface area contributed by atoms with Crippen molar-refractivity contribution in [2.75, 3.05) is 11.0 Å². The number of benzene rings is 1. The van der Waals surface area contributed by atoms with Gasteiger partial charge in [-0.2, -0.15) is 0 Å². The van der Waals surface area contributed by atoms with Crippen LogP contribution in [0.25, 0.3) is 0 Å².